The maximum atomic E-state index is 10.6. The number of rotatable bonds is 2. The summed E-state index contributed by atoms with van der Waals surface area (Å²) in [6, 6.07) is 0. The molecule has 0 aliphatic carbocycles. The van der Waals surface area contributed by atoms with Crippen LogP contribution in [0.3, 0.4) is 0 Å². The van der Waals surface area contributed by atoms with Gasteiger partial charge in [0.25, 0.3) is 0 Å². The van der Waals surface area contributed by atoms with Crippen LogP contribution in [0.5, 0.6) is 0 Å². The van der Waals surface area contributed by atoms with Gasteiger partial charge in [0, 0.05) is 19.5 Å². The summed E-state index contributed by atoms with van der Waals surface area (Å²) in [5.74, 6) is -0.0958. The molecule has 0 spiro atoms. The number of hydrogen-bond donors (Lipinski definition) is 1. The second kappa shape index (κ2) is 4.52. The molecule has 1 heterocycles. The summed E-state index contributed by atoms with van der Waals surface area (Å²) in [6.45, 7) is 3.45. The van der Waals surface area contributed by atoms with E-state index in [1.54, 1.807) is 6.92 Å². The van der Waals surface area contributed by atoms with Gasteiger partial charge in [0.05, 0.1) is 0 Å². The molecule has 0 aromatic heterocycles. The van der Waals surface area contributed by atoms with Crippen LogP contribution < -0.4 is 5.32 Å². The normalized spacial score (nSPS) is 16.9. The highest BCUT2D eigenvalue weighted by molar-refractivity contribution is 5.85. The lowest BCUT2D eigenvalue weighted by Crippen LogP contribution is -2.49. The molecule has 0 radical (unpaired) electrons. The first-order valence-electron chi connectivity index (χ1n) is 3.23. The highest BCUT2D eigenvalue weighted by atomic mass is 35.5. The molecule has 0 saturated carbocycles. The standard InChI is InChI=1S/C6H11NO2.ClH/c1-2-6(8)9-5-3-7-4-5;/h5,7H,2-4H2,1H3;1H. The molecule has 1 aliphatic rings. The van der Waals surface area contributed by atoms with Crippen molar-refractivity contribution in [2.24, 2.45) is 0 Å². The van der Waals surface area contributed by atoms with E-state index < -0.39 is 0 Å². The number of carbonyl (C=O) groups excluding carboxylic acids is 1. The summed E-state index contributed by atoms with van der Waals surface area (Å²) in [4.78, 5) is 10.6. The third-order valence-corrected chi connectivity index (χ3v) is 1.33. The number of ether oxygens (including phenoxy) is 1. The molecule has 3 nitrogen and oxygen atoms in total. The Labute approximate surface area is 66.5 Å². The van der Waals surface area contributed by atoms with Gasteiger partial charge in [-0.1, -0.05) is 6.92 Å². The van der Waals surface area contributed by atoms with E-state index in [2.05, 4.69) is 5.32 Å². The SMILES string of the molecule is CCC(=O)OC1CNC1.Cl. The van der Waals surface area contributed by atoms with Crippen molar-refractivity contribution >= 4 is 18.4 Å². The number of carbonyl (C=O) groups is 1. The van der Waals surface area contributed by atoms with Gasteiger partial charge in [-0.25, -0.2) is 0 Å². The lowest BCUT2D eigenvalue weighted by atomic mass is 10.2. The van der Waals surface area contributed by atoms with Crippen molar-refractivity contribution in [3.63, 3.8) is 0 Å². The molecular weight excluding hydrogens is 154 g/mol. The highest BCUT2D eigenvalue weighted by Gasteiger charge is 2.19. The summed E-state index contributed by atoms with van der Waals surface area (Å²) in [5.41, 5.74) is 0. The van der Waals surface area contributed by atoms with Crippen molar-refractivity contribution in [2.45, 2.75) is 19.4 Å². The van der Waals surface area contributed by atoms with Gasteiger partial charge >= 0.3 is 5.97 Å². The summed E-state index contributed by atoms with van der Waals surface area (Å²) >= 11 is 0. The second-order valence-corrected chi connectivity index (χ2v) is 2.12. The van der Waals surface area contributed by atoms with Crippen LogP contribution in [0.2, 0.25) is 0 Å². The molecule has 0 unspecified atom stereocenters. The number of esters is 1. The average molecular weight is 166 g/mol. The third-order valence-electron chi connectivity index (χ3n) is 1.33. The van der Waals surface area contributed by atoms with Crippen molar-refractivity contribution in [3.8, 4) is 0 Å². The van der Waals surface area contributed by atoms with Crippen molar-refractivity contribution in [1.82, 2.24) is 5.32 Å². The van der Waals surface area contributed by atoms with Crippen LogP contribution in [-0.2, 0) is 9.53 Å². The highest BCUT2D eigenvalue weighted by Crippen LogP contribution is 1.99. The average Bonchev–Trinajstić information content (AvgIpc) is 1.78. The minimum atomic E-state index is -0.0958. The Bertz CT molecular complexity index is 114. The molecule has 1 saturated heterocycles. The minimum Gasteiger partial charge on any atom is -0.460 e. The van der Waals surface area contributed by atoms with Gasteiger partial charge in [0.15, 0.2) is 0 Å². The molecule has 1 rings (SSSR count). The van der Waals surface area contributed by atoms with Crippen molar-refractivity contribution < 1.29 is 9.53 Å². The molecule has 10 heavy (non-hydrogen) atoms. The number of hydrogen-bond acceptors (Lipinski definition) is 3. The molecule has 0 atom stereocenters. The van der Waals surface area contributed by atoms with E-state index in [1.807, 2.05) is 0 Å². The van der Waals surface area contributed by atoms with Crippen LogP contribution in [0.25, 0.3) is 0 Å². The van der Waals surface area contributed by atoms with E-state index in [9.17, 15) is 4.79 Å². The number of halogens is 1. The van der Waals surface area contributed by atoms with E-state index in [4.69, 9.17) is 4.74 Å². The van der Waals surface area contributed by atoms with Crippen molar-refractivity contribution in [2.75, 3.05) is 13.1 Å². The van der Waals surface area contributed by atoms with Crippen LogP contribution >= 0.6 is 12.4 Å². The Morgan fingerprint density at radius 2 is 2.30 bits per heavy atom. The maximum Gasteiger partial charge on any atom is 0.305 e. The van der Waals surface area contributed by atoms with Gasteiger partial charge in [-0.05, 0) is 0 Å². The molecule has 0 aromatic rings. The molecule has 1 fully saturated rings. The summed E-state index contributed by atoms with van der Waals surface area (Å²) in [7, 11) is 0. The Morgan fingerprint density at radius 1 is 1.70 bits per heavy atom. The second-order valence-electron chi connectivity index (χ2n) is 2.12. The molecule has 0 bridgehead atoms. The van der Waals surface area contributed by atoms with E-state index >= 15 is 0 Å². The minimum absolute atomic E-state index is 0. The summed E-state index contributed by atoms with van der Waals surface area (Å²) in [6.07, 6.45) is 0.633. The van der Waals surface area contributed by atoms with Gasteiger partial charge < -0.3 is 10.1 Å². The van der Waals surface area contributed by atoms with Crippen LogP contribution in [-0.4, -0.2) is 25.2 Å². The van der Waals surface area contributed by atoms with Gasteiger partial charge in [0.2, 0.25) is 0 Å². The maximum absolute atomic E-state index is 10.6. The van der Waals surface area contributed by atoms with Crippen molar-refractivity contribution in [3.05, 3.63) is 0 Å². The Morgan fingerprint density at radius 3 is 2.60 bits per heavy atom. The third kappa shape index (κ3) is 2.54. The van der Waals surface area contributed by atoms with Gasteiger partial charge in [-0.3, -0.25) is 4.79 Å². The molecule has 0 amide bonds. The lowest BCUT2D eigenvalue weighted by Gasteiger charge is -2.26. The van der Waals surface area contributed by atoms with Gasteiger partial charge in [-0.15, -0.1) is 12.4 Å². The van der Waals surface area contributed by atoms with E-state index in [-0.39, 0.29) is 24.5 Å². The fourth-order valence-corrected chi connectivity index (χ4v) is 0.615. The van der Waals surface area contributed by atoms with E-state index in [1.165, 1.54) is 0 Å². The van der Waals surface area contributed by atoms with Crippen LogP contribution in [0, 0.1) is 0 Å². The largest absolute Gasteiger partial charge is 0.460 e. The predicted octanol–water partition coefficient (Wildman–Crippen LogP) is 0.333. The monoisotopic (exact) mass is 165 g/mol. The van der Waals surface area contributed by atoms with Crippen LogP contribution in [0.4, 0.5) is 0 Å². The lowest BCUT2D eigenvalue weighted by molar-refractivity contribution is -0.150. The predicted molar refractivity (Wildman–Crippen MR) is 40.3 cm³/mol. The topological polar surface area (TPSA) is 38.3 Å². The first-order chi connectivity index (χ1) is 4.33. The quantitative estimate of drug-likeness (QED) is 0.600. The molecular formula is C6H12ClNO2. The summed E-state index contributed by atoms with van der Waals surface area (Å²) < 4.78 is 4.93. The fourth-order valence-electron chi connectivity index (χ4n) is 0.615. The van der Waals surface area contributed by atoms with E-state index in [0.29, 0.717) is 6.42 Å². The zero-order valence-corrected chi connectivity index (χ0v) is 6.74. The Balaban J connectivity index is 0.000000810. The molecule has 1 aliphatic heterocycles. The molecule has 0 aromatic carbocycles. The van der Waals surface area contributed by atoms with Crippen LogP contribution in [0.15, 0.2) is 0 Å². The van der Waals surface area contributed by atoms with Crippen LogP contribution in [0.1, 0.15) is 13.3 Å². The molecule has 1 N–H and O–H groups in total. The summed E-state index contributed by atoms with van der Waals surface area (Å²) in [5, 5.41) is 3.01. The Hall–Kier alpha value is -0.280. The zero-order chi connectivity index (χ0) is 6.69. The molecule has 4 heteroatoms. The zero-order valence-electron chi connectivity index (χ0n) is 5.92. The van der Waals surface area contributed by atoms with E-state index in [0.717, 1.165) is 13.1 Å². The van der Waals surface area contributed by atoms with Gasteiger partial charge in [-0.2, -0.15) is 0 Å². The fraction of sp³-hybridized carbons (Fsp3) is 0.833. The van der Waals surface area contributed by atoms with Crippen molar-refractivity contribution in [1.29, 1.82) is 0 Å². The molecule has 60 valence electrons. The van der Waals surface area contributed by atoms with Gasteiger partial charge in [0.1, 0.15) is 6.10 Å². The first-order valence-corrected chi connectivity index (χ1v) is 3.23. The smallest absolute Gasteiger partial charge is 0.305 e. The Kier molecular flexibility index (Phi) is 4.40. The first kappa shape index (κ1) is 9.72. The number of nitrogens with one attached hydrogen (secondary N) is 1.